The maximum Gasteiger partial charge on any atom is 0.320 e. The fraction of sp³-hybridized carbons (Fsp3) is 0.524. The smallest absolute Gasteiger partial charge is 0.320 e. The summed E-state index contributed by atoms with van der Waals surface area (Å²) in [6.45, 7) is 5.39. The van der Waals surface area contributed by atoms with Crippen LogP contribution >= 0.6 is 0 Å². The number of benzene rings is 1. The van der Waals surface area contributed by atoms with Crippen LogP contribution in [0.15, 0.2) is 36.4 Å². The fourth-order valence-electron chi connectivity index (χ4n) is 3.43. The third-order valence-electron chi connectivity index (χ3n) is 5.66. The molecule has 2 N–H and O–H groups in total. The molecule has 6 heteroatoms. The Morgan fingerprint density at radius 1 is 1.33 bits per heavy atom. The van der Waals surface area contributed by atoms with Crippen LogP contribution in [0.4, 0.5) is 10.6 Å². The number of carbonyl (C=O) groups is 1. The summed E-state index contributed by atoms with van der Waals surface area (Å²) in [5.74, 6) is 2.33. The molecule has 0 bridgehead atoms. The molecule has 0 aliphatic heterocycles. The van der Waals surface area contributed by atoms with Gasteiger partial charge in [-0.15, -0.1) is 0 Å². The normalized spacial score (nSPS) is 18.6. The monoisotopic (exact) mass is 368 g/mol. The van der Waals surface area contributed by atoms with Crippen molar-refractivity contribution in [2.24, 2.45) is 11.3 Å². The van der Waals surface area contributed by atoms with Crippen molar-refractivity contribution in [3.05, 3.63) is 42.1 Å². The average molecular weight is 368 g/mol. The minimum absolute atomic E-state index is 0.0602. The molecule has 0 radical (unpaired) electrons. The summed E-state index contributed by atoms with van der Waals surface area (Å²) in [6, 6.07) is 11.9. The van der Waals surface area contributed by atoms with Crippen molar-refractivity contribution in [3.8, 4) is 5.75 Å². The van der Waals surface area contributed by atoms with Crippen LogP contribution in [0.25, 0.3) is 0 Å². The lowest BCUT2D eigenvalue weighted by Crippen LogP contribution is -2.36. The molecule has 2 aliphatic rings. The number of hydrogen-bond donors (Lipinski definition) is 2. The summed E-state index contributed by atoms with van der Waals surface area (Å²) < 4.78 is 7.84. The quantitative estimate of drug-likeness (QED) is 0.736. The van der Waals surface area contributed by atoms with E-state index in [4.69, 9.17) is 4.74 Å². The molecule has 1 unspecified atom stereocenters. The standard InChI is InChI=1S/C21H28N4O2/c1-15-12-19(25(24-15)16(2)17-8-9-17)23-20(26)22-13-21(10-11-21)14-27-18-6-4-3-5-7-18/h3-7,12,16-17H,8-11,13-14H2,1-2H3,(H2,22,23,26). The van der Waals surface area contributed by atoms with Crippen molar-refractivity contribution in [3.63, 3.8) is 0 Å². The summed E-state index contributed by atoms with van der Waals surface area (Å²) in [6.07, 6.45) is 4.65. The maximum absolute atomic E-state index is 12.4. The molecule has 1 atom stereocenters. The first-order valence-electron chi connectivity index (χ1n) is 9.84. The summed E-state index contributed by atoms with van der Waals surface area (Å²) in [4.78, 5) is 12.4. The molecule has 1 aromatic carbocycles. The number of nitrogens with one attached hydrogen (secondary N) is 2. The summed E-state index contributed by atoms with van der Waals surface area (Å²) in [7, 11) is 0. The highest BCUT2D eigenvalue weighted by molar-refractivity contribution is 5.88. The topological polar surface area (TPSA) is 68.2 Å². The van der Waals surface area contributed by atoms with Gasteiger partial charge in [-0.3, -0.25) is 5.32 Å². The average Bonchev–Trinajstić information content (AvgIpc) is 3.59. The number of para-hydroxylation sites is 1. The van der Waals surface area contributed by atoms with E-state index in [1.165, 1.54) is 12.8 Å². The number of ether oxygens (including phenoxy) is 1. The van der Waals surface area contributed by atoms with Gasteiger partial charge in [-0.25, -0.2) is 9.48 Å². The van der Waals surface area contributed by atoms with Crippen LogP contribution in [0.2, 0.25) is 0 Å². The van der Waals surface area contributed by atoms with Gasteiger partial charge in [0.15, 0.2) is 0 Å². The molecule has 1 heterocycles. The Kier molecular flexibility index (Phi) is 4.81. The summed E-state index contributed by atoms with van der Waals surface area (Å²) >= 11 is 0. The van der Waals surface area contributed by atoms with E-state index >= 15 is 0 Å². The van der Waals surface area contributed by atoms with Crippen molar-refractivity contribution in [2.75, 3.05) is 18.5 Å². The Labute approximate surface area is 160 Å². The van der Waals surface area contributed by atoms with Gasteiger partial charge in [0.1, 0.15) is 11.6 Å². The summed E-state index contributed by atoms with van der Waals surface area (Å²) in [5.41, 5.74) is 0.984. The van der Waals surface area contributed by atoms with Gasteiger partial charge in [0.05, 0.1) is 18.3 Å². The molecular formula is C21H28N4O2. The van der Waals surface area contributed by atoms with Gasteiger partial charge in [-0.1, -0.05) is 18.2 Å². The van der Waals surface area contributed by atoms with Gasteiger partial charge < -0.3 is 10.1 Å². The number of aryl methyl sites for hydroxylation is 1. The molecule has 2 aliphatic carbocycles. The largest absolute Gasteiger partial charge is 0.493 e. The second-order valence-electron chi connectivity index (χ2n) is 8.10. The first-order chi connectivity index (χ1) is 13.0. The van der Waals surface area contributed by atoms with Crippen molar-refractivity contribution in [1.29, 1.82) is 0 Å². The van der Waals surface area contributed by atoms with Gasteiger partial charge in [-0.2, -0.15) is 5.10 Å². The number of rotatable bonds is 8. The number of nitrogens with zero attached hydrogens (tertiary/aromatic N) is 2. The van der Waals surface area contributed by atoms with Gasteiger partial charge in [0.2, 0.25) is 0 Å². The maximum atomic E-state index is 12.4. The fourth-order valence-corrected chi connectivity index (χ4v) is 3.43. The Bertz CT molecular complexity index is 794. The van der Waals surface area contributed by atoms with Crippen molar-refractivity contribution in [1.82, 2.24) is 15.1 Å². The molecule has 0 saturated heterocycles. The number of aromatic nitrogens is 2. The van der Waals surface area contributed by atoms with E-state index in [0.29, 0.717) is 25.1 Å². The van der Waals surface area contributed by atoms with E-state index in [0.717, 1.165) is 30.1 Å². The first-order valence-corrected chi connectivity index (χ1v) is 9.84. The highest BCUT2D eigenvalue weighted by Gasteiger charge is 2.43. The minimum atomic E-state index is -0.176. The van der Waals surface area contributed by atoms with E-state index in [2.05, 4.69) is 22.7 Å². The Balaban J connectivity index is 1.29. The molecule has 2 fully saturated rings. The van der Waals surface area contributed by atoms with Crippen molar-refractivity contribution >= 4 is 11.8 Å². The van der Waals surface area contributed by atoms with Crippen LogP contribution in [0, 0.1) is 18.3 Å². The number of hydrogen-bond acceptors (Lipinski definition) is 3. The number of carbonyl (C=O) groups excluding carboxylic acids is 1. The van der Waals surface area contributed by atoms with Crippen LogP contribution < -0.4 is 15.4 Å². The predicted octanol–water partition coefficient (Wildman–Crippen LogP) is 4.14. The predicted molar refractivity (Wildman–Crippen MR) is 105 cm³/mol. The third kappa shape index (κ3) is 4.43. The zero-order chi connectivity index (χ0) is 18.9. The molecule has 6 nitrogen and oxygen atoms in total. The van der Waals surface area contributed by atoms with Crippen LogP contribution in [0.3, 0.4) is 0 Å². The number of anilines is 1. The van der Waals surface area contributed by atoms with Gasteiger partial charge in [-0.05, 0) is 57.6 Å². The second kappa shape index (κ2) is 7.25. The zero-order valence-corrected chi connectivity index (χ0v) is 16.1. The van der Waals surface area contributed by atoms with Crippen LogP contribution in [0.1, 0.15) is 44.3 Å². The van der Waals surface area contributed by atoms with E-state index in [1.54, 1.807) is 0 Å². The summed E-state index contributed by atoms with van der Waals surface area (Å²) in [5, 5.41) is 10.6. The van der Waals surface area contributed by atoms with Gasteiger partial charge >= 0.3 is 6.03 Å². The molecule has 2 saturated carbocycles. The van der Waals surface area contributed by atoms with Gasteiger partial charge in [0, 0.05) is 18.0 Å². The SMILES string of the molecule is Cc1cc(NC(=O)NCC2(COc3ccccc3)CC2)n(C(C)C2CC2)n1. The molecule has 2 aromatic rings. The van der Waals surface area contributed by atoms with Crippen molar-refractivity contribution < 1.29 is 9.53 Å². The zero-order valence-electron chi connectivity index (χ0n) is 16.1. The Morgan fingerprint density at radius 2 is 2.07 bits per heavy atom. The highest BCUT2D eigenvalue weighted by Crippen LogP contribution is 2.45. The van der Waals surface area contributed by atoms with E-state index in [-0.39, 0.29) is 11.4 Å². The second-order valence-corrected chi connectivity index (χ2v) is 8.10. The lowest BCUT2D eigenvalue weighted by molar-refractivity contribution is 0.222. The first kappa shape index (κ1) is 17.9. The number of amides is 2. The number of urea groups is 1. The Hall–Kier alpha value is -2.50. The minimum Gasteiger partial charge on any atom is -0.493 e. The van der Waals surface area contributed by atoms with Crippen LogP contribution in [0.5, 0.6) is 5.75 Å². The van der Waals surface area contributed by atoms with E-state index in [1.807, 2.05) is 48.0 Å². The molecule has 2 amide bonds. The van der Waals surface area contributed by atoms with Crippen molar-refractivity contribution in [2.45, 2.75) is 45.6 Å². The molecule has 1 aromatic heterocycles. The lowest BCUT2D eigenvalue weighted by Gasteiger charge is -2.18. The third-order valence-corrected chi connectivity index (χ3v) is 5.66. The molecule has 4 rings (SSSR count). The molecule has 144 valence electrons. The van der Waals surface area contributed by atoms with E-state index < -0.39 is 0 Å². The highest BCUT2D eigenvalue weighted by atomic mass is 16.5. The van der Waals surface area contributed by atoms with Gasteiger partial charge in [0.25, 0.3) is 0 Å². The molecule has 0 spiro atoms. The van der Waals surface area contributed by atoms with Crippen LogP contribution in [-0.2, 0) is 0 Å². The Morgan fingerprint density at radius 3 is 2.74 bits per heavy atom. The molecule has 27 heavy (non-hydrogen) atoms. The lowest BCUT2D eigenvalue weighted by atomic mass is 10.1. The van der Waals surface area contributed by atoms with E-state index in [9.17, 15) is 4.79 Å². The molecular weight excluding hydrogens is 340 g/mol. The van der Waals surface area contributed by atoms with Crippen LogP contribution in [-0.4, -0.2) is 29.0 Å².